The zero-order valence-corrected chi connectivity index (χ0v) is 11.8. The van der Waals surface area contributed by atoms with E-state index in [4.69, 9.17) is 4.74 Å². The second kappa shape index (κ2) is 5.41. The van der Waals surface area contributed by atoms with Crippen molar-refractivity contribution < 1.29 is 13.5 Å². The molecule has 0 bridgehead atoms. The third-order valence-electron chi connectivity index (χ3n) is 4.78. The zero-order valence-electron chi connectivity index (χ0n) is 11.8. The Hall–Kier alpha value is -1.00. The van der Waals surface area contributed by atoms with E-state index < -0.39 is 17.7 Å². The molecule has 1 saturated heterocycles. The van der Waals surface area contributed by atoms with Gasteiger partial charge in [-0.05, 0) is 43.7 Å². The molecule has 1 saturated carbocycles. The van der Waals surface area contributed by atoms with E-state index in [1.54, 1.807) is 0 Å². The number of benzene rings is 1. The molecule has 1 aliphatic heterocycles. The first-order chi connectivity index (χ1) is 9.60. The van der Waals surface area contributed by atoms with Gasteiger partial charge in [-0.15, -0.1) is 0 Å². The lowest BCUT2D eigenvalue weighted by molar-refractivity contribution is -0.0530. The third kappa shape index (κ3) is 2.59. The van der Waals surface area contributed by atoms with Gasteiger partial charge in [0.2, 0.25) is 0 Å². The van der Waals surface area contributed by atoms with Crippen molar-refractivity contribution in [3.8, 4) is 0 Å². The summed E-state index contributed by atoms with van der Waals surface area (Å²) in [5.74, 6) is -0.279. The predicted molar refractivity (Wildman–Crippen MR) is 73.4 cm³/mol. The van der Waals surface area contributed by atoms with Crippen LogP contribution in [0.15, 0.2) is 18.2 Å². The molecule has 2 fully saturated rings. The molecule has 1 atom stereocenters. The maximum Gasteiger partial charge on any atom is 0.132 e. The molecule has 0 aromatic heterocycles. The average molecular weight is 281 g/mol. The normalized spacial score (nSPS) is 34.4. The summed E-state index contributed by atoms with van der Waals surface area (Å²) >= 11 is 0. The van der Waals surface area contributed by atoms with Gasteiger partial charge in [0.25, 0.3) is 0 Å². The van der Waals surface area contributed by atoms with Gasteiger partial charge in [-0.1, -0.05) is 13.0 Å². The molecule has 1 heterocycles. The number of ether oxygens (including phenoxy) is 1. The smallest absolute Gasteiger partial charge is 0.132 e. The van der Waals surface area contributed by atoms with Gasteiger partial charge in [0.15, 0.2) is 0 Å². The molecule has 1 unspecified atom stereocenters. The summed E-state index contributed by atoms with van der Waals surface area (Å²) in [6, 6.07) is 3.96. The highest BCUT2D eigenvalue weighted by Crippen LogP contribution is 2.36. The summed E-state index contributed by atoms with van der Waals surface area (Å²) in [4.78, 5) is 0. The van der Waals surface area contributed by atoms with E-state index in [0.717, 1.165) is 18.8 Å². The number of hydrogen-bond donors (Lipinski definition) is 1. The number of morpholine rings is 1. The van der Waals surface area contributed by atoms with Crippen LogP contribution in [0.3, 0.4) is 0 Å². The number of rotatable bonds is 1. The lowest BCUT2D eigenvalue weighted by Crippen LogP contribution is -2.56. The summed E-state index contributed by atoms with van der Waals surface area (Å²) in [5, 5.41) is 3.50. The topological polar surface area (TPSA) is 21.3 Å². The molecule has 2 aliphatic rings. The Morgan fingerprint density at radius 3 is 2.40 bits per heavy atom. The van der Waals surface area contributed by atoms with Crippen molar-refractivity contribution >= 4 is 0 Å². The Labute approximate surface area is 118 Å². The molecule has 1 aromatic rings. The maximum absolute atomic E-state index is 13.8. The minimum atomic E-state index is -0.527. The third-order valence-corrected chi connectivity index (χ3v) is 4.78. The van der Waals surface area contributed by atoms with Crippen LogP contribution in [0, 0.1) is 17.6 Å². The van der Waals surface area contributed by atoms with Crippen LogP contribution in [-0.2, 0) is 4.74 Å². The van der Waals surface area contributed by atoms with Crippen molar-refractivity contribution in [2.75, 3.05) is 13.2 Å². The van der Waals surface area contributed by atoms with Crippen LogP contribution in [0.25, 0.3) is 0 Å². The summed E-state index contributed by atoms with van der Waals surface area (Å²) < 4.78 is 33.4. The Bertz CT molecular complexity index is 453. The Kier molecular flexibility index (Phi) is 3.78. The van der Waals surface area contributed by atoms with E-state index in [2.05, 4.69) is 12.2 Å². The van der Waals surface area contributed by atoms with Crippen LogP contribution in [0.4, 0.5) is 8.78 Å². The number of hydrogen-bond acceptors (Lipinski definition) is 2. The van der Waals surface area contributed by atoms with Crippen LogP contribution < -0.4 is 5.32 Å². The Morgan fingerprint density at radius 1 is 1.20 bits per heavy atom. The van der Waals surface area contributed by atoms with Crippen LogP contribution in [-0.4, -0.2) is 18.7 Å². The Morgan fingerprint density at radius 2 is 1.85 bits per heavy atom. The first kappa shape index (κ1) is 14.0. The van der Waals surface area contributed by atoms with E-state index in [1.165, 1.54) is 31.0 Å². The van der Waals surface area contributed by atoms with Gasteiger partial charge < -0.3 is 10.1 Å². The highest BCUT2D eigenvalue weighted by atomic mass is 19.1. The van der Waals surface area contributed by atoms with Crippen molar-refractivity contribution in [1.29, 1.82) is 0 Å². The first-order valence-corrected chi connectivity index (χ1v) is 7.40. The van der Waals surface area contributed by atoms with Crippen molar-refractivity contribution in [2.24, 2.45) is 5.92 Å². The van der Waals surface area contributed by atoms with Gasteiger partial charge in [-0.25, -0.2) is 8.78 Å². The summed E-state index contributed by atoms with van der Waals surface area (Å²) in [7, 11) is 0. The minimum Gasteiger partial charge on any atom is -0.370 e. The summed E-state index contributed by atoms with van der Waals surface area (Å²) in [6.07, 6.45) is 4.02. The second-order valence-corrected chi connectivity index (χ2v) is 6.28. The fraction of sp³-hybridized carbons (Fsp3) is 0.625. The fourth-order valence-electron chi connectivity index (χ4n) is 3.32. The van der Waals surface area contributed by atoms with Gasteiger partial charge in [0.05, 0.1) is 12.2 Å². The van der Waals surface area contributed by atoms with Crippen molar-refractivity contribution in [2.45, 2.75) is 44.2 Å². The minimum absolute atomic E-state index is 0.0186. The zero-order chi connectivity index (χ0) is 14.2. The average Bonchev–Trinajstić information content (AvgIpc) is 2.44. The fourth-order valence-corrected chi connectivity index (χ4v) is 3.32. The molecular formula is C16H21F2NO. The molecular weight excluding hydrogens is 260 g/mol. The van der Waals surface area contributed by atoms with Gasteiger partial charge in [-0.3, -0.25) is 0 Å². The monoisotopic (exact) mass is 281 g/mol. The molecule has 1 spiro atoms. The molecule has 4 heteroatoms. The first-order valence-electron chi connectivity index (χ1n) is 7.40. The van der Waals surface area contributed by atoms with Crippen LogP contribution in [0.1, 0.15) is 44.3 Å². The van der Waals surface area contributed by atoms with E-state index in [-0.39, 0.29) is 11.1 Å². The van der Waals surface area contributed by atoms with Gasteiger partial charge in [0, 0.05) is 12.1 Å². The standard InChI is InChI=1S/C16H21F2NO/c1-11-5-7-16(8-6-11)10-20-14(9-19-16)15-12(17)3-2-4-13(15)18/h2-4,11,14,19H,5-10H2,1H3. The van der Waals surface area contributed by atoms with Crippen LogP contribution in [0.2, 0.25) is 0 Å². The van der Waals surface area contributed by atoms with Crippen LogP contribution >= 0.6 is 0 Å². The molecule has 1 aliphatic carbocycles. The van der Waals surface area contributed by atoms with Crippen LogP contribution in [0.5, 0.6) is 0 Å². The lowest BCUT2D eigenvalue weighted by atomic mass is 9.77. The Balaban J connectivity index is 1.70. The molecule has 1 aromatic carbocycles. The van der Waals surface area contributed by atoms with E-state index >= 15 is 0 Å². The maximum atomic E-state index is 13.8. The van der Waals surface area contributed by atoms with Crippen molar-refractivity contribution in [3.63, 3.8) is 0 Å². The van der Waals surface area contributed by atoms with E-state index in [1.807, 2.05) is 0 Å². The largest absolute Gasteiger partial charge is 0.370 e. The molecule has 2 nitrogen and oxygen atoms in total. The quantitative estimate of drug-likeness (QED) is 0.849. The van der Waals surface area contributed by atoms with E-state index in [9.17, 15) is 8.78 Å². The summed E-state index contributed by atoms with van der Waals surface area (Å²) in [6.45, 7) is 3.29. The number of nitrogens with one attached hydrogen (secondary N) is 1. The SMILES string of the molecule is CC1CCC2(CC1)COC(c1c(F)cccc1F)CN2. The molecule has 1 N–H and O–H groups in total. The van der Waals surface area contributed by atoms with Crippen molar-refractivity contribution in [1.82, 2.24) is 5.32 Å². The van der Waals surface area contributed by atoms with Gasteiger partial charge in [-0.2, -0.15) is 0 Å². The molecule has 0 amide bonds. The molecule has 0 radical (unpaired) electrons. The van der Waals surface area contributed by atoms with Gasteiger partial charge in [0.1, 0.15) is 17.7 Å². The number of halogens is 2. The van der Waals surface area contributed by atoms with Gasteiger partial charge >= 0.3 is 0 Å². The lowest BCUT2D eigenvalue weighted by Gasteiger charge is -2.45. The highest BCUT2D eigenvalue weighted by Gasteiger charge is 2.39. The summed E-state index contributed by atoms with van der Waals surface area (Å²) in [5.41, 5.74) is 0.0732. The molecule has 20 heavy (non-hydrogen) atoms. The molecule has 3 rings (SSSR count). The highest BCUT2D eigenvalue weighted by molar-refractivity contribution is 5.23. The predicted octanol–water partition coefficient (Wildman–Crippen LogP) is 3.57. The second-order valence-electron chi connectivity index (χ2n) is 6.28. The molecule has 110 valence electrons. The van der Waals surface area contributed by atoms with E-state index in [0.29, 0.717) is 13.2 Å². The van der Waals surface area contributed by atoms with Crippen molar-refractivity contribution in [3.05, 3.63) is 35.4 Å².